The van der Waals surface area contributed by atoms with Gasteiger partial charge in [-0.05, 0) is 24.3 Å². The van der Waals surface area contributed by atoms with E-state index in [1.54, 1.807) is 18.5 Å². The number of nitrogens with one attached hydrogen (secondary N) is 1. The van der Waals surface area contributed by atoms with Gasteiger partial charge in [0.05, 0.1) is 0 Å². The molecule has 1 aromatic carbocycles. The highest BCUT2D eigenvalue weighted by Crippen LogP contribution is 2.15. The number of benzene rings is 1. The summed E-state index contributed by atoms with van der Waals surface area (Å²) in [5.74, 6) is 0.894. The molecule has 0 spiro atoms. The van der Waals surface area contributed by atoms with E-state index in [1.807, 2.05) is 29.2 Å². The topological polar surface area (TPSA) is 61.4 Å². The van der Waals surface area contributed by atoms with Gasteiger partial charge < -0.3 is 15.1 Å². The van der Waals surface area contributed by atoms with Gasteiger partial charge >= 0.3 is 0 Å². The molecule has 126 valence electrons. The summed E-state index contributed by atoms with van der Waals surface area (Å²) in [6.45, 7) is 3.53. The molecule has 1 aliphatic rings. The summed E-state index contributed by atoms with van der Waals surface area (Å²) >= 11 is 5.94. The minimum Gasteiger partial charge on any atom is -0.384 e. The summed E-state index contributed by atoms with van der Waals surface area (Å²) in [5.41, 5.74) is 0.932. The molecule has 1 amide bonds. The van der Waals surface area contributed by atoms with Gasteiger partial charge in [-0.1, -0.05) is 17.7 Å². The summed E-state index contributed by atoms with van der Waals surface area (Å²) in [7, 11) is 0. The van der Waals surface area contributed by atoms with Crippen molar-refractivity contribution < 1.29 is 4.79 Å². The average molecular weight is 346 g/mol. The van der Waals surface area contributed by atoms with Crippen molar-refractivity contribution in [1.29, 1.82) is 0 Å². The van der Waals surface area contributed by atoms with Gasteiger partial charge in [-0.15, -0.1) is 0 Å². The second kappa shape index (κ2) is 7.97. The van der Waals surface area contributed by atoms with Crippen molar-refractivity contribution in [2.24, 2.45) is 0 Å². The number of carbonyl (C=O) groups excluding carboxylic acids is 1. The minimum absolute atomic E-state index is 0.165. The first-order valence-corrected chi connectivity index (χ1v) is 8.39. The number of hydrogen-bond donors (Lipinski definition) is 1. The molecule has 0 bridgehead atoms. The molecule has 0 unspecified atom stereocenters. The normalized spacial score (nSPS) is 14.5. The molecular formula is C17H20ClN5O. The lowest BCUT2D eigenvalue weighted by Gasteiger charge is -2.34. The summed E-state index contributed by atoms with van der Waals surface area (Å²) in [6, 6.07) is 9.31. The molecule has 0 atom stereocenters. The van der Waals surface area contributed by atoms with Gasteiger partial charge in [-0.25, -0.2) is 9.97 Å². The van der Waals surface area contributed by atoms with Crippen molar-refractivity contribution in [3.05, 3.63) is 47.7 Å². The Labute approximate surface area is 146 Å². The van der Waals surface area contributed by atoms with Crippen molar-refractivity contribution >= 4 is 29.1 Å². The van der Waals surface area contributed by atoms with Crippen molar-refractivity contribution in [2.45, 2.75) is 6.42 Å². The number of aromatic nitrogens is 2. The Bertz CT molecular complexity index is 674. The molecule has 6 nitrogen and oxygen atoms in total. The molecule has 1 saturated heterocycles. The van der Waals surface area contributed by atoms with Crippen molar-refractivity contribution in [2.75, 3.05) is 42.9 Å². The predicted octanol–water partition coefficient (Wildman–Crippen LogP) is 2.28. The Hall–Kier alpha value is -2.34. The maximum absolute atomic E-state index is 12.3. The Morgan fingerprint density at radius 3 is 2.58 bits per heavy atom. The SMILES string of the molecule is O=C(CCNc1cccc(Cl)c1)N1CCN(c2ncccn2)CC1. The highest BCUT2D eigenvalue weighted by atomic mass is 35.5. The van der Waals surface area contributed by atoms with Crippen LogP contribution in [-0.4, -0.2) is 53.5 Å². The number of carbonyl (C=O) groups is 1. The fourth-order valence-corrected chi connectivity index (χ4v) is 2.87. The fraction of sp³-hybridized carbons (Fsp3) is 0.353. The number of rotatable bonds is 5. The number of piperazine rings is 1. The van der Waals surface area contributed by atoms with E-state index in [9.17, 15) is 4.79 Å². The first-order chi connectivity index (χ1) is 11.7. The largest absolute Gasteiger partial charge is 0.384 e. The van der Waals surface area contributed by atoms with Crippen molar-refractivity contribution in [1.82, 2.24) is 14.9 Å². The third-order valence-corrected chi connectivity index (χ3v) is 4.20. The van der Waals surface area contributed by atoms with E-state index in [0.29, 0.717) is 31.1 Å². The van der Waals surface area contributed by atoms with Crippen molar-refractivity contribution in [3.8, 4) is 0 Å². The molecule has 1 N–H and O–H groups in total. The number of halogens is 1. The Morgan fingerprint density at radius 1 is 1.12 bits per heavy atom. The molecule has 1 fully saturated rings. The quantitative estimate of drug-likeness (QED) is 0.900. The number of hydrogen-bond acceptors (Lipinski definition) is 5. The van der Waals surface area contributed by atoms with E-state index < -0.39 is 0 Å². The third kappa shape index (κ3) is 4.35. The van der Waals surface area contributed by atoms with Crippen LogP contribution >= 0.6 is 11.6 Å². The molecule has 24 heavy (non-hydrogen) atoms. The first-order valence-electron chi connectivity index (χ1n) is 8.01. The molecule has 7 heteroatoms. The van der Waals surface area contributed by atoms with E-state index in [-0.39, 0.29) is 5.91 Å². The monoisotopic (exact) mass is 345 g/mol. The summed E-state index contributed by atoms with van der Waals surface area (Å²) in [5, 5.41) is 3.91. The molecule has 1 aromatic heterocycles. The number of amides is 1. The average Bonchev–Trinajstić information content (AvgIpc) is 2.63. The Balaban J connectivity index is 1.42. The second-order valence-corrected chi connectivity index (χ2v) is 6.04. The summed E-state index contributed by atoms with van der Waals surface area (Å²) in [4.78, 5) is 24.8. The van der Waals surface area contributed by atoms with Gasteiger partial charge in [-0.3, -0.25) is 4.79 Å². The third-order valence-electron chi connectivity index (χ3n) is 3.96. The van der Waals surface area contributed by atoms with Gasteiger partial charge in [0.2, 0.25) is 11.9 Å². The maximum atomic E-state index is 12.3. The zero-order valence-electron chi connectivity index (χ0n) is 13.4. The van der Waals surface area contributed by atoms with Gasteiger partial charge in [0.1, 0.15) is 0 Å². The van der Waals surface area contributed by atoms with E-state index >= 15 is 0 Å². The standard InChI is InChI=1S/C17H20ClN5O/c18-14-3-1-4-15(13-14)19-8-5-16(24)22-9-11-23(12-10-22)17-20-6-2-7-21-17/h1-4,6-7,13,19H,5,8-12H2. The first kappa shape index (κ1) is 16.5. The van der Waals surface area contributed by atoms with Crippen LogP contribution in [0.4, 0.5) is 11.6 Å². The van der Waals surface area contributed by atoms with Crippen LogP contribution in [0.15, 0.2) is 42.7 Å². The zero-order valence-corrected chi connectivity index (χ0v) is 14.1. The van der Waals surface area contributed by atoms with Gasteiger partial charge in [0.25, 0.3) is 0 Å². The second-order valence-electron chi connectivity index (χ2n) is 5.60. The van der Waals surface area contributed by atoms with E-state index in [1.165, 1.54) is 0 Å². The molecule has 0 radical (unpaired) electrons. The van der Waals surface area contributed by atoms with Gasteiger partial charge in [0.15, 0.2) is 0 Å². The van der Waals surface area contributed by atoms with Gasteiger partial charge in [0, 0.05) is 62.2 Å². The van der Waals surface area contributed by atoms with Crippen LogP contribution in [0.25, 0.3) is 0 Å². The molecule has 2 aromatic rings. The number of nitrogens with zero attached hydrogens (tertiary/aromatic N) is 4. The predicted molar refractivity (Wildman–Crippen MR) is 95.4 cm³/mol. The van der Waals surface area contributed by atoms with E-state index in [4.69, 9.17) is 11.6 Å². The Morgan fingerprint density at radius 2 is 1.88 bits per heavy atom. The summed E-state index contributed by atoms with van der Waals surface area (Å²) in [6.07, 6.45) is 3.94. The smallest absolute Gasteiger partial charge is 0.225 e. The fourth-order valence-electron chi connectivity index (χ4n) is 2.68. The van der Waals surface area contributed by atoms with Crippen LogP contribution in [0.5, 0.6) is 0 Å². The molecule has 1 aliphatic heterocycles. The van der Waals surface area contributed by atoms with Crippen LogP contribution in [0.1, 0.15) is 6.42 Å². The van der Waals surface area contributed by atoms with Crippen LogP contribution in [-0.2, 0) is 4.79 Å². The number of anilines is 2. The van der Waals surface area contributed by atoms with E-state index in [2.05, 4.69) is 20.2 Å². The summed E-state index contributed by atoms with van der Waals surface area (Å²) < 4.78 is 0. The maximum Gasteiger partial charge on any atom is 0.225 e. The van der Waals surface area contributed by atoms with Gasteiger partial charge in [-0.2, -0.15) is 0 Å². The van der Waals surface area contributed by atoms with Crippen molar-refractivity contribution in [3.63, 3.8) is 0 Å². The van der Waals surface area contributed by atoms with Crippen LogP contribution in [0, 0.1) is 0 Å². The lowest BCUT2D eigenvalue weighted by Crippen LogP contribution is -2.49. The van der Waals surface area contributed by atoms with E-state index in [0.717, 1.165) is 24.7 Å². The highest BCUT2D eigenvalue weighted by molar-refractivity contribution is 6.30. The lowest BCUT2D eigenvalue weighted by molar-refractivity contribution is -0.131. The Kier molecular flexibility index (Phi) is 5.48. The van der Waals surface area contributed by atoms with Crippen LogP contribution in [0.3, 0.4) is 0 Å². The van der Waals surface area contributed by atoms with Crippen LogP contribution in [0.2, 0.25) is 5.02 Å². The molecular weight excluding hydrogens is 326 g/mol. The molecule has 3 rings (SSSR count). The molecule has 0 saturated carbocycles. The van der Waals surface area contributed by atoms with Crippen LogP contribution < -0.4 is 10.2 Å². The zero-order chi connectivity index (χ0) is 16.8. The minimum atomic E-state index is 0.165. The molecule has 0 aliphatic carbocycles. The lowest BCUT2D eigenvalue weighted by atomic mass is 10.2. The molecule has 2 heterocycles. The highest BCUT2D eigenvalue weighted by Gasteiger charge is 2.21.